The van der Waals surface area contributed by atoms with Crippen LogP contribution < -0.4 is 0 Å². The molecule has 0 saturated carbocycles. The molecule has 0 aliphatic heterocycles. The van der Waals surface area contributed by atoms with E-state index in [2.05, 4.69) is 83.5 Å². The highest BCUT2D eigenvalue weighted by molar-refractivity contribution is 9.10. The van der Waals surface area contributed by atoms with Gasteiger partial charge in [0.1, 0.15) is 0 Å². The molecule has 0 unspecified atom stereocenters. The van der Waals surface area contributed by atoms with Crippen LogP contribution in [0, 0.1) is 0 Å². The van der Waals surface area contributed by atoms with E-state index in [-0.39, 0.29) is 0 Å². The maximum Gasteiger partial charge on any atom is 0.0295 e. The minimum absolute atomic E-state index is 1.05. The fourth-order valence-electron chi connectivity index (χ4n) is 3.21. The van der Waals surface area contributed by atoms with Crippen molar-refractivity contribution < 1.29 is 0 Å². The summed E-state index contributed by atoms with van der Waals surface area (Å²) >= 11 is 3.85. The topological polar surface area (TPSA) is 0 Å². The molecule has 0 fully saturated rings. The second kappa shape index (κ2) is 4.85. The summed E-state index contributed by atoms with van der Waals surface area (Å²) in [5.41, 5.74) is 6.78. The Hall–Kier alpha value is -1.86. The summed E-state index contributed by atoms with van der Waals surface area (Å²) < 4.78 is 1.24. The monoisotopic (exact) mass is 334 g/mol. The maximum atomic E-state index is 3.85. The second-order valence-electron chi connectivity index (χ2n) is 5.69. The summed E-state index contributed by atoms with van der Waals surface area (Å²) in [4.78, 5) is 0. The zero-order chi connectivity index (χ0) is 14.4. The van der Waals surface area contributed by atoms with E-state index in [4.69, 9.17) is 0 Å². The van der Waals surface area contributed by atoms with Crippen molar-refractivity contribution in [3.63, 3.8) is 0 Å². The molecule has 0 spiro atoms. The molecular weight excluding hydrogens is 320 g/mol. The van der Waals surface area contributed by atoms with Crippen molar-refractivity contribution in [2.45, 2.75) is 13.3 Å². The lowest BCUT2D eigenvalue weighted by Crippen LogP contribution is -1.90. The Balaban J connectivity index is 1.98. The number of allylic oxidation sites excluding steroid dienone is 1. The normalized spacial score (nSPS) is 13.3. The summed E-state index contributed by atoms with van der Waals surface area (Å²) in [6, 6.07) is 19.6. The van der Waals surface area contributed by atoms with Crippen molar-refractivity contribution in [3.05, 3.63) is 75.8 Å². The maximum absolute atomic E-state index is 3.85. The van der Waals surface area contributed by atoms with Gasteiger partial charge in [-0.1, -0.05) is 66.2 Å². The van der Waals surface area contributed by atoms with Crippen LogP contribution in [0.5, 0.6) is 0 Å². The van der Waals surface area contributed by atoms with E-state index >= 15 is 0 Å². The number of hydrogen-bond donors (Lipinski definition) is 0. The molecule has 0 aromatic heterocycles. The summed E-state index contributed by atoms with van der Waals surface area (Å²) in [6.45, 7) is 2.20. The lowest BCUT2D eigenvalue weighted by atomic mass is 9.95. The molecule has 1 aliphatic rings. The molecule has 0 nitrogen and oxygen atoms in total. The molecule has 3 aromatic rings. The average Bonchev–Trinajstić information content (AvgIpc) is 2.89. The fourth-order valence-corrected chi connectivity index (χ4v) is 3.93. The highest BCUT2D eigenvalue weighted by Crippen LogP contribution is 2.40. The minimum atomic E-state index is 1.05. The van der Waals surface area contributed by atoms with Crippen molar-refractivity contribution >= 4 is 32.8 Å². The average molecular weight is 335 g/mol. The number of halogens is 1. The molecule has 0 bridgehead atoms. The second-order valence-corrected chi connectivity index (χ2v) is 6.48. The van der Waals surface area contributed by atoms with Crippen LogP contribution in [0.4, 0.5) is 0 Å². The van der Waals surface area contributed by atoms with Gasteiger partial charge in [-0.3, -0.25) is 0 Å². The van der Waals surface area contributed by atoms with Crippen molar-refractivity contribution in [2.24, 2.45) is 0 Å². The van der Waals surface area contributed by atoms with E-state index in [1.165, 1.54) is 43.1 Å². The molecule has 0 N–H and O–H groups in total. The van der Waals surface area contributed by atoms with Gasteiger partial charge in [-0.05, 0) is 62.3 Å². The Bertz CT molecular complexity index is 882. The van der Waals surface area contributed by atoms with Crippen LogP contribution in [0.1, 0.15) is 18.1 Å². The van der Waals surface area contributed by atoms with E-state index in [0.717, 1.165) is 6.42 Å². The van der Waals surface area contributed by atoms with Crippen molar-refractivity contribution in [1.29, 1.82) is 0 Å². The number of hydrogen-bond acceptors (Lipinski definition) is 0. The number of fused-ring (bicyclic) bond motifs is 2. The first-order chi connectivity index (χ1) is 10.2. The van der Waals surface area contributed by atoms with E-state index in [1.54, 1.807) is 0 Å². The third kappa shape index (κ3) is 2.04. The molecule has 21 heavy (non-hydrogen) atoms. The molecular formula is C20H15Br. The molecule has 0 atom stereocenters. The van der Waals surface area contributed by atoms with Crippen LogP contribution in [0.2, 0.25) is 0 Å². The van der Waals surface area contributed by atoms with Gasteiger partial charge in [0.05, 0.1) is 0 Å². The standard InChI is InChI=1S/C20H15Br/c1-13-11-15-9-10-18(20(21)19(15)12-13)17-8-4-6-14-5-2-3-7-16(14)17/h2-11H,12H2,1H3. The zero-order valence-corrected chi connectivity index (χ0v) is 13.4. The van der Waals surface area contributed by atoms with Crippen LogP contribution in [0.3, 0.4) is 0 Å². The lowest BCUT2D eigenvalue weighted by Gasteiger charge is -2.12. The molecule has 102 valence electrons. The number of benzene rings is 3. The minimum Gasteiger partial charge on any atom is -0.0683 e. The smallest absolute Gasteiger partial charge is 0.0295 e. The first-order valence-electron chi connectivity index (χ1n) is 7.21. The first-order valence-corrected chi connectivity index (χ1v) is 8.00. The highest BCUT2D eigenvalue weighted by Gasteiger charge is 2.17. The molecule has 0 amide bonds. The first kappa shape index (κ1) is 12.8. The Morgan fingerprint density at radius 2 is 1.67 bits per heavy atom. The van der Waals surface area contributed by atoms with Crippen molar-refractivity contribution in [3.8, 4) is 11.1 Å². The SMILES string of the molecule is CC1=Cc2ccc(-c3cccc4ccccc34)c(Br)c2C1. The third-order valence-electron chi connectivity index (χ3n) is 4.22. The van der Waals surface area contributed by atoms with Crippen LogP contribution in [-0.2, 0) is 6.42 Å². The largest absolute Gasteiger partial charge is 0.0683 e. The van der Waals surface area contributed by atoms with Gasteiger partial charge in [-0.2, -0.15) is 0 Å². The summed E-state index contributed by atoms with van der Waals surface area (Å²) in [6.07, 6.45) is 3.33. The van der Waals surface area contributed by atoms with E-state index in [0.29, 0.717) is 0 Å². The summed E-state index contributed by atoms with van der Waals surface area (Å²) in [7, 11) is 0. The molecule has 0 radical (unpaired) electrons. The number of rotatable bonds is 1. The third-order valence-corrected chi connectivity index (χ3v) is 5.12. The van der Waals surface area contributed by atoms with Gasteiger partial charge in [0.15, 0.2) is 0 Å². The Kier molecular flexibility index (Phi) is 2.97. The van der Waals surface area contributed by atoms with E-state index in [9.17, 15) is 0 Å². The molecule has 0 saturated heterocycles. The van der Waals surface area contributed by atoms with Crippen molar-refractivity contribution in [2.75, 3.05) is 0 Å². The molecule has 3 aromatic carbocycles. The quantitative estimate of drug-likeness (QED) is 0.494. The van der Waals surface area contributed by atoms with E-state index < -0.39 is 0 Å². The zero-order valence-electron chi connectivity index (χ0n) is 11.9. The van der Waals surface area contributed by atoms with Crippen LogP contribution >= 0.6 is 15.9 Å². The van der Waals surface area contributed by atoms with E-state index in [1.807, 2.05) is 0 Å². The van der Waals surface area contributed by atoms with Gasteiger partial charge in [-0.25, -0.2) is 0 Å². The van der Waals surface area contributed by atoms with Crippen molar-refractivity contribution in [1.82, 2.24) is 0 Å². The predicted molar refractivity (Wildman–Crippen MR) is 94.4 cm³/mol. The molecule has 1 heteroatoms. The van der Waals surface area contributed by atoms with Crippen LogP contribution in [-0.4, -0.2) is 0 Å². The molecule has 4 rings (SSSR count). The summed E-state index contributed by atoms with van der Waals surface area (Å²) in [5, 5.41) is 2.60. The highest BCUT2D eigenvalue weighted by atomic mass is 79.9. The summed E-state index contributed by atoms with van der Waals surface area (Å²) in [5.74, 6) is 0. The molecule has 0 heterocycles. The van der Waals surface area contributed by atoms with Gasteiger partial charge in [0.25, 0.3) is 0 Å². The Morgan fingerprint density at radius 3 is 2.57 bits per heavy atom. The lowest BCUT2D eigenvalue weighted by molar-refractivity contribution is 1.18. The molecule has 1 aliphatic carbocycles. The van der Waals surface area contributed by atoms with Gasteiger partial charge >= 0.3 is 0 Å². The Morgan fingerprint density at radius 1 is 0.857 bits per heavy atom. The van der Waals surface area contributed by atoms with Gasteiger partial charge < -0.3 is 0 Å². The fraction of sp³-hybridized carbons (Fsp3) is 0.100. The van der Waals surface area contributed by atoms with Crippen LogP contribution in [0.25, 0.3) is 28.0 Å². The Labute approximate surface area is 133 Å². The van der Waals surface area contributed by atoms with Gasteiger partial charge in [-0.15, -0.1) is 0 Å². The van der Waals surface area contributed by atoms with Crippen LogP contribution in [0.15, 0.2) is 64.6 Å². The predicted octanol–water partition coefficient (Wildman–Crippen LogP) is 6.23. The van der Waals surface area contributed by atoms with Gasteiger partial charge in [0.2, 0.25) is 0 Å². The van der Waals surface area contributed by atoms with Gasteiger partial charge in [0, 0.05) is 4.47 Å².